The van der Waals surface area contributed by atoms with Gasteiger partial charge in [0.1, 0.15) is 0 Å². The monoisotopic (exact) mass is 305 g/mol. The van der Waals surface area contributed by atoms with E-state index in [0.717, 1.165) is 29.6 Å². The quantitative estimate of drug-likeness (QED) is 0.762. The lowest BCUT2D eigenvalue weighted by atomic mass is 10.2. The van der Waals surface area contributed by atoms with Gasteiger partial charge in [-0.2, -0.15) is 0 Å². The van der Waals surface area contributed by atoms with Crippen LogP contribution in [0.2, 0.25) is 0 Å². The molecule has 21 heavy (non-hydrogen) atoms. The Balaban J connectivity index is 2.06. The maximum Gasteiger partial charge on any atom is 0.233 e. The summed E-state index contributed by atoms with van der Waals surface area (Å²) in [4.78, 5) is 17.8. The highest BCUT2D eigenvalue weighted by atomic mass is 32.2. The number of hydrogen-bond donors (Lipinski definition) is 0. The molecule has 0 aliphatic carbocycles. The summed E-state index contributed by atoms with van der Waals surface area (Å²) >= 11 is 1.41. The molecule has 0 N–H and O–H groups in total. The van der Waals surface area contributed by atoms with Crippen molar-refractivity contribution in [3.8, 4) is 11.4 Å². The smallest absolute Gasteiger partial charge is 0.233 e. The second-order valence-electron chi connectivity index (χ2n) is 4.46. The van der Waals surface area contributed by atoms with Gasteiger partial charge in [0.05, 0.1) is 5.75 Å². The molecule has 0 unspecified atom stereocenters. The number of amides is 1. The number of pyridine rings is 1. The summed E-state index contributed by atoms with van der Waals surface area (Å²) in [6.45, 7) is 5.43. The van der Waals surface area contributed by atoms with Crippen LogP contribution in [0.1, 0.15) is 13.8 Å². The largest absolute Gasteiger partial charge is 0.343 e. The lowest BCUT2D eigenvalue weighted by molar-refractivity contribution is -0.127. The zero-order valence-corrected chi connectivity index (χ0v) is 13.3. The Morgan fingerprint density at radius 1 is 1.24 bits per heavy atom. The summed E-state index contributed by atoms with van der Waals surface area (Å²) < 4.78 is 1.90. The van der Waals surface area contributed by atoms with Crippen LogP contribution in [0, 0.1) is 0 Å². The Bertz CT molecular complexity index is 595. The van der Waals surface area contributed by atoms with Crippen molar-refractivity contribution in [3.63, 3.8) is 0 Å². The maximum atomic E-state index is 12.0. The first-order valence-electron chi connectivity index (χ1n) is 6.87. The van der Waals surface area contributed by atoms with Gasteiger partial charge in [0.25, 0.3) is 0 Å². The summed E-state index contributed by atoms with van der Waals surface area (Å²) in [7, 11) is 1.90. The first-order valence-corrected chi connectivity index (χ1v) is 7.86. The van der Waals surface area contributed by atoms with Crippen LogP contribution in [0.25, 0.3) is 11.4 Å². The average Bonchev–Trinajstić information content (AvgIpc) is 2.88. The standard InChI is InChI=1S/C14H19N5OS/c1-4-19(5-2)12(20)10-21-14-17-16-13(18(14)3)11-6-8-15-9-7-11/h6-9H,4-5,10H2,1-3H3. The number of carbonyl (C=O) groups excluding carboxylic acids is 1. The molecule has 2 heterocycles. The van der Waals surface area contributed by atoms with Crippen molar-refractivity contribution in [1.29, 1.82) is 0 Å². The first kappa shape index (κ1) is 15.5. The molecule has 0 saturated heterocycles. The van der Waals surface area contributed by atoms with Gasteiger partial charge < -0.3 is 9.47 Å². The third-order valence-corrected chi connectivity index (χ3v) is 4.22. The fourth-order valence-corrected chi connectivity index (χ4v) is 2.80. The average molecular weight is 305 g/mol. The highest BCUT2D eigenvalue weighted by molar-refractivity contribution is 7.99. The zero-order chi connectivity index (χ0) is 15.2. The van der Waals surface area contributed by atoms with Crippen molar-refractivity contribution in [2.45, 2.75) is 19.0 Å². The van der Waals surface area contributed by atoms with E-state index in [-0.39, 0.29) is 5.91 Å². The first-order chi connectivity index (χ1) is 10.2. The van der Waals surface area contributed by atoms with Gasteiger partial charge in [0.2, 0.25) is 5.91 Å². The van der Waals surface area contributed by atoms with E-state index in [2.05, 4.69) is 15.2 Å². The second kappa shape index (κ2) is 7.21. The van der Waals surface area contributed by atoms with Crippen molar-refractivity contribution in [3.05, 3.63) is 24.5 Å². The lowest BCUT2D eigenvalue weighted by Crippen LogP contribution is -2.31. The van der Waals surface area contributed by atoms with Gasteiger partial charge in [0, 0.05) is 38.1 Å². The van der Waals surface area contributed by atoms with Gasteiger partial charge in [-0.05, 0) is 26.0 Å². The van der Waals surface area contributed by atoms with E-state index in [1.165, 1.54) is 11.8 Å². The maximum absolute atomic E-state index is 12.0. The summed E-state index contributed by atoms with van der Waals surface area (Å²) in [5.41, 5.74) is 0.960. The molecule has 2 aromatic rings. The van der Waals surface area contributed by atoms with Crippen LogP contribution in [0.4, 0.5) is 0 Å². The fourth-order valence-electron chi connectivity index (χ4n) is 1.99. The molecule has 7 heteroatoms. The van der Waals surface area contributed by atoms with Crippen LogP contribution in [-0.2, 0) is 11.8 Å². The number of thioether (sulfide) groups is 1. The zero-order valence-electron chi connectivity index (χ0n) is 12.5. The minimum atomic E-state index is 0.124. The van der Waals surface area contributed by atoms with Crippen LogP contribution >= 0.6 is 11.8 Å². The second-order valence-corrected chi connectivity index (χ2v) is 5.40. The molecule has 2 aromatic heterocycles. The summed E-state index contributed by atoms with van der Waals surface area (Å²) in [5.74, 6) is 1.28. The Hall–Kier alpha value is -1.89. The Labute approximate surface area is 128 Å². The summed E-state index contributed by atoms with van der Waals surface area (Å²) in [6.07, 6.45) is 3.45. The molecule has 0 saturated carbocycles. The summed E-state index contributed by atoms with van der Waals surface area (Å²) in [6, 6.07) is 3.78. The fraction of sp³-hybridized carbons (Fsp3) is 0.429. The molecule has 2 rings (SSSR count). The number of nitrogens with zero attached hydrogens (tertiary/aromatic N) is 5. The van der Waals surface area contributed by atoms with Gasteiger partial charge in [-0.1, -0.05) is 11.8 Å². The van der Waals surface area contributed by atoms with Crippen molar-refractivity contribution < 1.29 is 4.79 Å². The highest BCUT2D eigenvalue weighted by Gasteiger charge is 2.15. The predicted molar refractivity (Wildman–Crippen MR) is 82.9 cm³/mol. The molecular weight excluding hydrogens is 286 g/mol. The molecule has 0 aliphatic heterocycles. The SMILES string of the molecule is CCN(CC)C(=O)CSc1nnc(-c2ccncc2)n1C. The van der Waals surface area contributed by atoms with Crippen LogP contribution in [0.3, 0.4) is 0 Å². The van der Waals surface area contributed by atoms with E-state index in [1.807, 2.05) is 42.5 Å². The number of aromatic nitrogens is 4. The molecule has 1 amide bonds. The molecule has 0 radical (unpaired) electrons. The molecule has 0 aromatic carbocycles. The molecule has 112 valence electrons. The molecule has 0 aliphatic rings. The summed E-state index contributed by atoms with van der Waals surface area (Å²) in [5, 5.41) is 9.09. The van der Waals surface area contributed by atoms with Gasteiger partial charge >= 0.3 is 0 Å². The van der Waals surface area contributed by atoms with Gasteiger partial charge in [-0.15, -0.1) is 10.2 Å². The molecule has 6 nitrogen and oxygen atoms in total. The predicted octanol–water partition coefficient (Wildman–Crippen LogP) is 1.84. The van der Waals surface area contributed by atoms with E-state index >= 15 is 0 Å². The van der Waals surface area contributed by atoms with Crippen LogP contribution < -0.4 is 0 Å². The van der Waals surface area contributed by atoms with Crippen molar-refractivity contribution >= 4 is 17.7 Å². The minimum absolute atomic E-state index is 0.124. The van der Waals surface area contributed by atoms with E-state index in [1.54, 1.807) is 12.4 Å². The topological polar surface area (TPSA) is 63.9 Å². The van der Waals surface area contributed by atoms with E-state index in [4.69, 9.17) is 0 Å². The van der Waals surface area contributed by atoms with E-state index in [0.29, 0.717) is 5.75 Å². The Morgan fingerprint density at radius 2 is 1.90 bits per heavy atom. The van der Waals surface area contributed by atoms with Crippen LogP contribution in [-0.4, -0.2) is 49.4 Å². The molecular formula is C14H19N5OS. The van der Waals surface area contributed by atoms with Crippen LogP contribution in [0.5, 0.6) is 0 Å². The van der Waals surface area contributed by atoms with Crippen molar-refractivity contribution in [2.75, 3.05) is 18.8 Å². The van der Waals surface area contributed by atoms with Crippen molar-refractivity contribution in [1.82, 2.24) is 24.6 Å². The Kier molecular flexibility index (Phi) is 5.32. The molecule has 0 atom stereocenters. The normalized spacial score (nSPS) is 10.6. The lowest BCUT2D eigenvalue weighted by Gasteiger charge is -2.17. The number of carbonyl (C=O) groups is 1. The highest BCUT2D eigenvalue weighted by Crippen LogP contribution is 2.22. The number of rotatable bonds is 6. The minimum Gasteiger partial charge on any atom is -0.343 e. The van der Waals surface area contributed by atoms with Crippen LogP contribution in [0.15, 0.2) is 29.7 Å². The van der Waals surface area contributed by atoms with E-state index in [9.17, 15) is 4.79 Å². The van der Waals surface area contributed by atoms with Crippen molar-refractivity contribution in [2.24, 2.45) is 7.05 Å². The molecule has 0 spiro atoms. The molecule has 0 fully saturated rings. The van der Waals surface area contributed by atoms with E-state index < -0.39 is 0 Å². The third-order valence-electron chi connectivity index (χ3n) is 3.21. The Morgan fingerprint density at radius 3 is 2.52 bits per heavy atom. The molecule has 0 bridgehead atoms. The van der Waals surface area contributed by atoms with Gasteiger partial charge in [-0.3, -0.25) is 9.78 Å². The number of hydrogen-bond acceptors (Lipinski definition) is 5. The van der Waals surface area contributed by atoms with Gasteiger partial charge in [0.15, 0.2) is 11.0 Å². The third kappa shape index (κ3) is 3.60. The van der Waals surface area contributed by atoms with Gasteiger partial charge in [-0.25, -0.2) is 0 Å².